The fourth-order valence-corrected chi connectivity index (χ4v) is 3.17. The summed E-state index contributed by atoms with van der Waals surface area (Å²) in [5, 5.41) is 20.2. The van der Waals surface area contributed by atoms with Gasteiger partial charge >= 0.3 is 0 Å². The summed E-state index contributed by atoms with van der Waals surface area (Å²) in [6.45, 7) is -0.117. The maximum Gasteiger partial charge on any atom is 0.257 e. The lowest BCUT2D eigenvalue weighted by Crippen LogP contribution is -2.24. The number of carbonyl (C=O) groups is 1. The molecule has 0 spiro atoms. The molecule has 1 heterocycles. The Morgan fingerprint density at radius 3 is 2.59 bits per heavy atom. The van der Waals surface area contributed by atoms with Crippen molar-refractivity contribution in [3.8, 4) is 22.8 Å². The van der Waals surface area contributed by atoms with Crippen molar-refractivity contribution in [2.45, 2.75) is 6.42 Å². The second-order valence-electron chi connectivity index (χ2n) is 5.83. The standard InChI is InChI=1S/C19H17Cl2N3O3/c1-22-19(26)10-27-12-8-15(20)13(16(21)9-12)6-11-2-3-18(25)14(7-11)17-4-5-23-24-17/h2-5,7-9,25H,6,10H2,1H3,(H,22,26)(H,23,24). The van der Waals surface area contributed by atoms with E-state index in [0.29, 0.717) is 33.5 Å². The van der Waals surface area contributed by atoms with E-state index in [1.807, 2.05) is 6.07 Å². The molecule has 8 heteroatoms. The van der Waals surface area contributed by atoms with E-state index in [0.717, 1.165) is 11.1 Å². The highest BCUT2D eigenvalue weighted by molar-refractivity contribution is 6.36. The van der Waals surface area contributed by atoms with E-state index in [4.69, 9.17) is 27.9 Å². The van der Waals surface area contributed by atoms with Crippen LogP contribution in [0.3, 0.4) is 0 Å². The fraction of sp³-hybridized carbons (Fsp3) is 0.158. The lowest BCUT2D eigenvalue weighted by atomic mass is 10.0. The average molecular weight is 406 g/mol. The van der Waals surface area contributed by atoms with Gasteiger partial charge in [-0.15, -0.1) is 0 Å². The summed E-state index contributed by atoms with van der Waals surface area (Å²) in [5.41, 5.74) is 3.00. The molecule has 0 bridgehead atoms. The Hall–Kier alpha value is -2.70. The van der Waals surface area contributed by atoms with E-state index in [1.165, 1.54) is 7.05 Å². The highest BCUT2D eigenvalue weighted by Gasteiger charge is 2.13. The van der Waals surface area contributed by atoms with Crippen molar-refractivity contribution in [1.82, 2.24) is 15.5 Å². The molecule has 0 unspecified atom stereocenters. The van der Waals surface area contributed by atoms with Gasteiger partial charge in [-0.05, 0) is 41.5 Å². The molecule has 2 aromatic carbocycles. The summed E-state index contributed by atoms with van der Waals surface area (Å²) in [4.78, 5) is 11.3. The minimum Gasteiger partial charge on any atom is -0.507 e. The quantitative estimate of drug-likeness (QED) is 0.581. The number of hydrogen-bond donors (Lipinski definition) is 3. The molecular weight excluding hydrogens is 389 g/mol. The molecule has 0 aliphatic rings. The number of phenolic OH excluding ortho intramolecular Hbond substituents is 1. The van der Waals surface area contributed by atoms with Gasteiger partial charge in [0.1, 0.15) is 11.5 Å². The number of aromatic amines is 1. The first-order chi connectivity index (χ1) is 13.0. The zero-order valence-corrected chi connectivity index (χ0v) is 15.9. The molecular formula is C19H17Cl2N3O3. The van der Waals surface area contributed by atoms with Gasteiger partial charge in [-0.25, -0.2) is 0 Å². The van der Waals surface area contributed by atoms with Crippen LogP contribution in [0.2, 0.25) is 10.0 Å². The van der Waals surface area contributed by atoms with Crippen LogP contribution in [-0.4, -0.2) is 34.9 Å². The Balaban J connectivity index is 1.83. The number of likely N-dealkylation sites (N-methyl/N-ethyl adjacent to an activating group) is 1. The molecule has 0 aliphatic carbocycles. The molecule has 0 fully saturated rings. The predicted octanol–water partition coefficient (Wildman–Crippen LogP) is 3.80. The number of rotatable bonds is 6. The van der Waals surface area contributed by atoms with Crippen LogP contribution in [0.25, 0.3) is 11.3 Å². The van der Waals surface area contributed by atoms with Crippen LogP contribution in [-0.2, 0) is 11.2 Å². The van der Waals surface area contributed by atoms with Gasteiger partial charge in [-0.2, -0.15) is 5.10 Å². The highest BCUT2D eigenvalue weighted by Crippen LogP contribution is 2.34. The van der Waals surface area contributed by atoms with Crippen LogP contribution in [0, 0.1) is 0 Å². The topological polar surface area (TPSA) is 87.2 Å². The lowest BCUT2D eigenvalue weighted by molar-refractivity contribution is -0.122. The summed E-state index contributed by atoms with van der Waals surface area (Å²) in [6.07, 6.45) is 2.08. The molecule has 3 N–H and O–H groups in total. The van der Waals surface area contributed by atoms with E-state index in [9.17, 15) is 9.90 Å². The van der Waals surface area contributed by atoms with Crippen molar-refractivity contribution in [2.75, 3.05) is 13.7 Å². The maximum atomic E-state index is 11.3. The fourth-order valence-electron chi connectivity index (χ4n) is 2.57. The molecule has 27 heavy (non-hydrogen) atoms. The van der Waals surface area contributed by atoms with Gasteiger partial charge in [0.2, 0.25) is 0 Å². The van der Waals surface area contributed by atoms with E-state index in [2.05, 4.69) is 15.5 Å². The number of aromatic nitrogens is 2. The Bertz CT molecular complexity index is 936. The molecule has 1 aromatic heterocycles. The zero-order chi connectivity index (χ0) is 19.4. The molecule has 3 rings (SSSR count). The van der Waals surface area contributed by atoms with E-state index >= 15 is 0 Å². The first kappa shape index (κ1) is 19.1. The number of carbonyl (C=O) groups excluding carboxylic acids is 1. The van der Waals surface area contributed by atoms with Crippen molar-refractivity contribution >= 4 is 29.1 Å². The predicted molar refractivity (Wildman–Crippen MR) is 105 cm³/mol. The third kappa shape index (κ3) is 4.53. The summed E-state index contributed by atoms with van der Waals surface area (Å²) in [6, 6.07) is 10.3. The molecule has 0 aliphatic heterocycles. The molecule has 6 nitrogen and oxygen atoms in total. The van der Waals surface area contributed by atoms with Crippen molar-refractivity contribution < 1.29 is 14.6 Å². The molecule has 0 saturated carbocycles. The first-order valence-corrected chi connectivity index (χ1v) is 8.86. The third-order valence-electron chi connectivity index (χ3n) is 4.00. The van der Waals surface area contributed by atoms with Crippen molar-refractivity contribution in [3.63, 3.8) is 0 Å². The van der Waals surface area contributed by atoms with Crippen LogP contribution in [0.5, 0.6) is 11.5 Å². The number of aromatic hydroxyl groups is 1. The smallest absolute Gasteiger partial charge is 0.257 e. The van der Waals surface area contributed by atoms with Crippen LogP contribution in [0.1, 0.15) is 11.1 Å². The average Bonchev–Trinajstić information content (AvgIpc) is 3.18. The molecule has 140 valence electrons. The van der Waals surface area contributed by atoms with Crippen LogP contribution < -0.4 is 10.1 Å². The van der Waals surface area contributed by atoms with Crippen LogP contribution >= 0.6 is 23.2 Å². The summed E-state index contributed by atoms with van der Waals surface area (Å²) in [5.74, 6) is 0.320. The molecule has 0 radical (unpaired) electrons. The van der Waals surface area contributed by atoms with Crippen LogP contribution in [0.15, 0.2) is 42.6 Å². The van der Waals surface area contributed by atoms with Crippen LogP contribution in [0.4, 0.5) is 0 Å². The van der Waals surface area contributed by atoms with Crippen molar-refractivity contribution in [2.24, 2.45) is 0 Å². The Morgan fingerprint density at radius 2 is 1.96 bits per heavy atom. The molecule has 0 atom stereocenters. The lowest BCUT2D eigenvalue weighted by Gasteiger charge is -2.12. The number of amides is 1. The Morgan fingerprint density at radius 1 is 1.22 bits per heavy atom. The minimum absolute atomic E-state index is 0.117. The van der Waals surface area contributed by atoms with Gasteiger partial charge in [-0.3, -0.25) is 9.89 Å². The Kier molecular flexibility index (Phi) is 5.88. The third-order valence-corrected chi connectivity index (χ3v) is 4.67. The van der Waals surface area contributed by atoms with Gasteiger partial charge in [0.15, 0.2) is 6.61 Å². The number of nitrogens with one attached hydrogen (secondary N) is 2. The second-order valence-corrected chi connectivity index (χ2v) is 6.64. The van der Waals surface area contributed by atoms with Gasteiger partial charge in [0, 0.05) is 35.3 Å². The van der Waals surface area contributed by atoms with E-state index < -0.39 is 0 Å². The molecule has 1 amide bonds. The number of H-pyrrole nitrogens is 1. The van der Waals surface area contributed by atoms with E-state index in [1.54, 1.807) is 36.5 Å². The number of hydrogen-bond acceptors (Lipinski definition) is 4. The summed E-state index contributed by atoms with van der Waals surface area (Å²) in [7, 11) is 1.53. The minimum atomic E-state index is -0.248. The summed E-state index contributed by atoms with van der Waals surface area (Å²) < 4.78 is 5.38. The maximum absolute atomic E-state index is 11.3. The SMILES string of the molecule is CNC(=O)COc1cc(Cl)c(Cc2ccc(O)c(-c3ccn[nH]3)c2)c(Cl)c1. The zero-order valence-electron chi connectivity index (χ0n) is 14.4. The number of nitrogens with zero attached hydrogens (tertiary/aromatic N) is 1. The molecule has 0 saturated heterocycles. The normalized spacial score (nSPS) is 10.6. The Labute approximate surface area is 166 Å². The number of phenols is 1. The largest absolute Gasteiger partial charge is 0.507 e. The monoisotopic (exact) mass is 405 g/mol. The van der Waals surface area contributed by atoms with Gasteiger partial charge in [0.25, 0.3) is 5.91 Å². The van der Waals surface area contributed by atoms with Crippen molar-refractivity contribution in [1.29, 1.82) is 0 Å². The van der Waals surface area contributed by atoms with Gasteiger partial charge < -0.3 is 15.2 Å². The number of benzene rings is 2. The van der Waals surface area contributed by atoms with Gasteiger partial charge in [-0.1, -0.05) is 29.3 Å². The van der Waals surface area contributed by atoms with Gasteiger partial charge in [0.05, 0.1) is 5.69 Å². The highest BCUT2D eigenvalue weighted by atomic mass is 35.5. The van der Waals surface area contributed by atoms with Crippen molar-refractivity contribution in [3.05, 3.63) is 63.8 Å². The summed E-state index contributed by atoms with van der Waals surface area (Å²) >= 11 is 12.7. The first-order valence-electron chi connectivity index (χ1n) is 8.11. The van der Waals surface area contributed by atoms with E-state index in [-0.39, 0.29) is 18.3 Å². The number of ether oxygens (including phenoxy) is 1. The molecule has 3 aromatic rings. The number of halogens is 2. The second kappa shape index (κ2) is 8.33.